The van der Waals surface area contributed by atoms with E-state index in [4.69, 9.17) is 0 Å². The molecular formula is C15H20N2. The van der Waals surface area contributed by atoms with E-state index in [1.54, 1.807) is 0 Å². The molecule has 0 radical (unpaired) electrons. The average molecular weight is 228 g/mol. The van der Waals surface area contributed by atoms with Gasteiger partial charge in [0.2, 0.25) is 0 Å². The molecule has 1 aromatic carbocycles. The number of hydrogen-bond donors (Lipinski definition) is 2. The Morgan fingerprint density at radius 2 is 2.00 bits per heavy atom. The van der Waals surface area contributed by atoms with Gasteiger partial charge in [-0.1, -0.05) is 31.0 Å². The molecule has 3 rings (SSSR count). The molecule has 2 heteroatoms. The summed E-state index contributed by atoms with van der Waals surface area (Å²) >= 11 is 0. The summed E-state index contributed by atoms with van der Waals surface area (Å²) < 4.78 is 0. The molecular weight excluding hydrogens is 208 g/mol. The quantitative estimate of drug-likeness (QED) is 0.810. The lowest BCUT2D eigenvalue weighted by atomic mass is 9.80. The third kappa shape index (κ3) is 1.87. The minimum atomic E-state index is 0.642. The maximum atomic E-state index is 3.49. The monoisotopic (exact) mass is 228 g/mol. The number of hydrogen-bond acceptors (Lipinski definition) is 1. The van der Waals surface area contributed by atoms with Crippen molar-refractivity contribution in [3.63, 3.8) is 0 Å². The normalized spacial score (nSPS) is 25.2. The zero-order chi connectivity index (χ0) is 11.7. The Labute approximate surface area is 102 Å². The number of aromatic amines is 1. The average Bonchev–Trinajstić information content (AvgIpc) is 2.82. The highest BCUT2D eigenvalue weighted by Gasteiger charge is 2.26. The van der Waals surface area contributed by atoms with Gasteiger partial charge in [0, 0.05) is 29.1 Å². The lowest BCUT2D eigenvalue weighted by Crippen LogP contribution is -2.34. The minimum Gasteiger partial charge on any atom is -0.361 e. The molecule has 0 unspecified atom stereocenters. The van der Waals surface area contributed by atoms with Crippen molar-refractivity contribution < 1.29 is 0 Å². The molecule has 1 saturated carbocycles. The number of likely N-dealkylation sites (N-methyl/N-ethyl adjacent to an activating group) is 1. The lowest BCUT2D eigenvalue weighted by molar-refractivity contribution is 0.345. The molecule has 1 aliphatic rings. The zero-order valence-corrected chi connectivity index (χ0v) is 10.4. The van der Waals surface area contributed by atoms with Gasteiger partial charge in [0.15, 0.2) is 0 Å². The van der Waals surface area contributed by atoms with Gasteiger partial charge in [0.25, 0.3) is 0 Å². The second-order valence-electron chi connectivity index (χ2n) is 5.08. The van der Waals surface area contributed by atoms with Crippen LogP contribution >= 0.6 is 0 Å². The van der Waals surface area contributed by atoms with Crippen LogP contribution in [0.2, 0.25) is 0 Å². The molecule has 17 heavy (non-hydrogen) atoms. The van der Waals surface area contributed by atoms with Gasteiger partial charge in [-0.3, -0.25) is 0 Å². The highest BCUT2D eigenvalue weighted by Crippen LogP contribution is 2.36. The fraction of sp³-hybridized carbons (Fsp3) is 0.467. The van der Waals surface area contributed by atoms with E-state index in [1.807, 2.05) is 0 Å². The third-order valence-electron chi connectivity index (χ3n) is 4.16. The molecule has 1 aliphatic carbocycles. The van der Waals surface area contributed by atoms with E-state index in [1.165, 1.54) is 42.1 Å². The van der Waals surface area contributed by atoms with Crippen LogP contribution in [-0.4, -0.2) is 18.1 Å². The second kappa shape index (κ2) is 4.53. The van der Waals surface area contributed by atoms with Gasteiger partial charge in [-0.2, -0.15) is 0 Å². The number of para-hydroxylation sites is 1. The zero-order valence-electron chi connectivity index (χ0n) is 10.4. The largest absolute Gasteiger partial charge is 0.361 e. The maximum absolute atomic E-state index is 3.49. The summed E-state index contributed by atoms with van der Waals surface area (Å²) in [5.41, 5.74) is 2.77. The summed E-state index contributed by atoms with van der Waals surface area (Å²) in [4.78, 5) is 3.40. The number of rotatable bonds is 2. The van der Waals surface area contributed by atoms with E-state index in [-0.39, 0.29) is 0 Å². The first kappa shape index (κ1) is 10.8. The molecule has 1 aromatic heterocycles. The van der Waals surface area contributed by atoms with Gasteiger partial charge in [-0.05, 0) is 31.5 Å². The van der Waals surface area contributed by atoms with Crippen molar-refractivity contribution in [1.82, 2.24) is 10.3 Å². The Hall–Kier alpha value is -1.28. The first-order valence-corrected chi connectivity index (χ1v) is 6.63. The third-order valence-corrected chi connectivity index (χ3v) is 4.16. The standard InChI is InChI=1S/C15H20N2/c1-16-14-8-4-2-6-11(14)13-10-17-15-9-5-3-7-12(13)15/h3,5,7,9-11,14,16-17H,2,4,6,8H2,1H3/t11-,14+/m0/s1. The van der Waals surface area contributed by atoms with Crippen LogP contribution in [0.15, 0.2) is 30.5 Å². The second-order valence-corrected chi connectivity index (χ2v) is 5.08. The molecule has 1 fully saturated rings. The van der Waals surface area contributed by atoms with Crippen LogP contribution in [0.4, 0.5) is 0 Å². The molecule has 2 N–H and O–H groups in total. The molecule has 0 aliphatic heterocycles. The highest BCUT2D eigenvalue weighted by molar-refractivity contribution is 5.83. The number of nitrogens with one attached hydrogen (secondary N) is 2. The minimum absolute atomic E-state index is 0.642. The lowest BCUT2D eigenvalue weighted by Gasteiger charge is -2.31. The van der Waals surface area contributed by atoms with Gasteiger partial charge in [-0.25, -0.2) is 0 Å². The summed E-state index contributed by atoms with van der Waals surface area (Å²) in [6.45, 7) is 0. The van der Waals surface area contributed by atoms with E-state index >= 15 is 0 Å². The molecule has 0 spiro atoms. The van der Waals surface area contributed by atoms with E-state index in [2.05, 4.69) is 47.8 Å². The van der Waals surface area contributed by atoms with Gasteiger partial charge in [-0.15, -0.1) is 0 Å². The Morgan fingerprint density at radius 3 is 2.88 bits per heavy atom. The fourth-order valence-electron chi connectivity index (χ4n) is 3.25. The van der Waals surface area contributed by atoms with Crippen molar-refractivity contribution in [2.24, 2.45) is 0 Å². The Morgan fingerprint density at radius 1 is 1.18 bits per heavy atom. The van der Waals surface area contributed by atoms with Gasteiger partial charge in [0.05, 0.1) is 0 Å². The smallest absolute Gasteiger partial charge is 0.0456 e. The predicted molar refractivity (Wildman–Crippen MR) is 72.4 cm³/mol. The Kier molecular flexibility index (Phi) is 2.89. The SMILES string of the molecule is CN[C@@H]1CCCC[C@H]1c1c[nH]c2ccccc12. The fourth-order valence-corrected chi connectivity index (χ4v) is 3.25. The van der Waals surface area contributed by atoms with Gasteiger partial charge >= 0.3 is 0 Å². The molecule has 1 heterocycles. The Bertz CT molecular complexity index is 500. The predicted octanol–water partition coefficient (Wildman–Crippen LogP) is 3.41. The van der Waals surface area contributed by atoms with Gasteiger partial charge < -0.3 is 10.3 Å². The van der Waals surface area contributed by atoms with Crippen molar-refractivity contribution in [2.75, 3.05) is 7.05 Å². The topological polar surface area (TPSA) is 27.8 Å². The summed E-state index contributed by atoms with van der Waals surface area (Å²) in [7, 11) is 2.10. The van der Waals surface area contributed by atoms with E-state index in [9.17, 15) is 0 Å². The molecule has 2 atom stereocenters. The molecule has 2 aromatic rings. The van der Waals surface area contributed by atoms with E-state index in [0.29, 0.717) is 12.0 Å². The van der Waals surface area contributed by atoms with Crippen LogP contribution in [0.25, 0.3) is 10.9 Å². The summed E-state index contributed by atoms with van der Waals surface area (Å²) in [6.07, 6.45) is 7.56. The van der Waals surface area contributed by atoms with Crippen LogP contribution in [-0.2, 0) is 0 Å². The first-order chi connectivity index (χ1) is 8.40. The van der Waals surface area contributed by atoms with Crippen molar-refractivity contribution in [3.05, 3.63) is 36.0 Å². The first-order valence-electron chi connectivity index (χ1n) is 6.63. The van der Waals surface area contributed by atoms with Crippen LogP contribution in [0, 0.1) is 0 Å². The molecule has 0 saturated heterocycles. The van der Waals surface area contributed by atoms with Crippen LogP contribution in [0.3, 0.4) is 0 Å². The van der Waals surface area contributed by atoms with Crippen LogP contribution in [0.5, 0.6) is 0 Å². The van der Waals surface area contributed by atoms with Crippen molar-refractivity contribution in [1.29, 1.82) is 0 Å². The van der Waals surface area contributed by atoms with Crippen LogP contribution < -0.4 is 5.32 Å². The maximum Gasteiger partial charge on any atom is 0.0456 e. The van der Waals surface area contributed by atoms with E-state index in [0.717, 1.165) is 0 Å². The van der Waals surface area contributed by atoms with Crippen molar-refractivity contribution in [2.45, 2.75) is 37.6 Å². The molecule has 90 valence electrons. The van der Waals surface area contributed by atoms with Crippen LogP contribution in [0.1, 0.15) is 37.2 Å². The Balaban J connectivity index is 2.01. The molecule has 0 bridgehead atoms. The summed E-state index contributed by atoms with van der Waals surface area (Å²) in [6, 6.07) is 9.28. The number of fused-ring (bicyclic) bond motifs is 1. The highest BCUT2D eigenvalue weighted by atomic mass is 14.9. The number of H-pyrrole nitrogens is 1. The molecule has 2 nitrogen and oxygen atoms in total. The summed E-state index contributed by atoms with van der Waals surface area (Å²) in [5.74, 6) is 0.671. The number of benzene rings is 1. The molecule has 0 amide bonds. The van der Waals surface area contributed by atoms with Crippen molar-refractivity contribution in [3.8, 4) is 0 Å². The van der Waals surface area contributed by atoms with Crippen molar-refractivity contribution >= 4 is 10.9 Å². The summed E-state index contributed by atoms with van der Waals surface area (Å²) in [5, 5.41) is 4.90. The number of aromatic nitrogens is 1. The van der Waals surface area contributed by atoms with E-state index < -0.39 is 0 Å². The van der Waals surface area contributed by atoms with Gasteiger partial charge in [0.1, 0.15) is 0 Å².